The van der Waals surface area contributed by atoms with Crippen LogP contribution in [0.2, 0.25) is 0 Å². The summed E-state index contributed by atoms with van der Waals surface area (Å²) in [5.74, 6) is 0.134. The van der Waals surface area contributed by atoms with Gasteiger partial charge in [-0.05, 0) is 5.57 Å². The van der Waals surface area contributed by atoms with Crippen LogP contribution in [0.5, 0.6) is 0 Å². The van der Waals surface area contributed by atoms with Crippen molar-refractivity contribution in [2.45, 2.75) is 6.92 Å². The molecule has 0 aliphatic heterocycles. The maximum atomic E-state index is 10.5. The molecular weight excluding hydrogens is 261 g/mol. The number of allylic oxidation sites excluding steroid dienone is 6. The van der Waals surface area contributed by atoms with Crippen molar-refractivity contribution >= 4 is 0 Å². The number of hydrogen-bond donors (Lipinski definition) is 0. The van der Waals surface area contributed by atoms with Crippen LogP contribution in [0.3, 0.4) is 0 Å². The van der Waals surface area contributed by atoms with Crippen LogP contribution in [-0.2, 0) is 19.5 Å². The van der Waals surface area contributed by atoms with Crippen molar-refractivity contribution < 1.29 is 24.6 Å². The molecule has 1 aliphatic rings. The second-order valence-electron chi connectivity index (χ2n) is 2.69. The fourth-order valence-corrected chi connectivity index (χ4v) is 0.929. The molecule has 0 bridgehead atoms. The molecule has 0 unspecified atom stereocenters. The van der Waals surface area contributed by atoms with E-state index in [9.17, 15) is 5.11 Å². The Balaban J connectivity index is 0.000000246. The molecule has 0 saturated carbocycles. The molecular formula is C12H12ORu. The maximum Gasteiger partial charge on any atom is 2.00 e. The Morgan fingerprint density at radius 1 is 1.14 bits per heavy atom. The van der Waals surface area contributed by atoms with Crippen LogP contribution in [0.1, 0.15) is 6.92 Å². The largest absolute Gasteiger partial charge is 2.00 e. The van der Waals surface area contributed by atoms with E-state index in [4.69, 9.17) is 0 Å². The Labute approximate surface area is 97.6 Å². The van der Waals surface area contributed by atoms with Gasteiger partial charge in [0.2, 0.25) is 0 Å². The third kappa shape index (κ3) is 4.88. The molecule has 2 rings (SSSR count). The van der Waals surface area contributed by atoms with Gasteiger partial charge in [-0.3, -0.25) is 0 Å². The zero-order chi connectivity index (χ0) is 9.52. The summed E-state index contributed by atoms with van der Waals surface area (Å²) in [5.41, 5.74) is 0.796. The summed E-state index contributed by atoms with van der Waals surface area (Å²) in [6, 6.07) is 10.0. The van der Waals surface area contributed by atoms with Gasteiger partial charge in [-0.2, -0.15) is 18.2 Å². The minimum Gasteiger partial charge on any atom is -0.875 e. The maximum absolute atomic E-state index is 10.5. The fraction of sp³-hybridized carbons (Fsp3) is 0.0833. The predicted molar refractivity (Wildman–Crippen MR) is 53.0 cm³/mol. The fourth-order valence-electron chi connectivity index (χ4n) is 0.929. The SMILES string of the molecule is CC([O-])=C1C=CC=C1.[Ru+2].c1cc[cH-]c1. The van der Waals surface area contributed by atoms with Crippen LogP contribution in [0, 0.1) is 0 Å². The van der Waals surface area contributed by atoms with E-state index in [1.165, 1.54) is 0 Å². The summed E-state index contributed by atoms with van der Waals surface area (Å²) in [4.78, 5) is 0. The molecule has 0 N–H and O–H groups in total. The molecule has 0 heterocycles. The van der Waals surface area contributed by atoms with E-state index in [-0.39, 0.29) is 25.2 Å². The van der Waals surface area contributed by atoms with E-state index in [0.717, 1.165) is 5.57 Å². The standard InChI is InChI=1S/C7H8O.C5H5.Ru/c1-6(8)7-4-2-3-5-7;1-2-4-5-3-1;/h2-5,8H,1H3;1-5H;/q;-1;+2/p-1. The van der Waals surface area contributed by atoms with Gasteiger partial charge in [-0.25, -0.2) is 12.1 Å². The summed E-state index contributed by atoms with van der Waals surface area (Å²) >= 11 is 0. The molecule has 0 fully saturated rings. The van der Waals surface area contributed by atoms with Crippen molar-refractivity contribution in [3.8, 4) is 0 Å². The Morgan fingerprint density at radius 2 is 1.64 bits per heavy atom. The van der Waals surface area contributed by atoms with Crippen molar-refractivity contribution in [3.63, 3.8) is 0 Å². The first-order valence-corrected chi connectivity index (χ1v) is 4.20. The molecule has 1 aliphatic carbocycles. The second-order valence-corrected chi connectivity index (χ2v) is 2.69. The van der Waals surface area contributed by atoms with Gasteiger partial charge < -0.3 is 5.11 Å². The van der Waals surface area contributed by atoms with Gasteiger partial charge in [0.05, 0.1) is 0 Å². The molecule has 0 atom stereocenters. The van der Waals surface area contributed by atoms with Crippen LogP contribution >= 0.6 is 0 Å². The molecule has 0 spiro atoms. The van der Waals surface area contributed by atoms with E-state index >= 15 is 0 Å². The zero-order valence-corrected chi connectivity index (χ0v) is 9.70. The van der Waals surface area contributed by atoms with Crippen molar-refractivity contribution in [2.24, 2.45) is 0 Å². The van der Waals surface area contributed by atoms with Crippen LogP contribution < -0.4 is 5.11 Å². The molecule has 1 aromatic carbocycles. The molecule has 0 radical (unpaired) electrons. The average molecular weight is 273 g/mol. The first kappa shape index (κ1) is 13.0. The van der Waals surface area contributed by atoms with E-state index in [2.05, 4.69) is 0 Å². The number of hydrogen-bond acceptors (Lipinski definition) is 1. The van der Waals surface area contributed by atoms with Gasteiger partial charge in [-0.1, -0.05) is 31.2 Å². The first-order chi connectivity index (χ1) is 6.30. The molecule has 1 nitrogen and oxygen atoms in total. The van der Waals surface area contributed by atoms with E-state index in [1.807, 2.05) is 54.6 Å². The van der Waals surface area contributed by atoms with Gasteiger partial charge in [0.1, 0.15) is 0 Å². The van der Waals surface area contributed by atoms with Crippen LogP contribution in [0.25, 0.3) is 0 Å². The predicted octanol–water partition coefficient (Wildman–Crippen LogP) is 2.15. The summed E-state index contributed by atoms with van der Waals surface area (Å²) < 4.78 is 0. The first-order valence-electron chi connectivity index (χ1n) is 4.20. The Hall–Kier alpha value is -1.01. The van der Waals surface area contributed by atoms with Gasteiger partial charge in [-0.15, -0.1) is 5.76 Å². The average Bonchev–Trinajstić information content (AvgIpc) is 2.82. The topological polar surface area (TPSA) is 23.1 Å². The Kier molecular flexibility index (Phi) is 6.87. The molecule has 0 aromatic heterocycles. The quantitative estimate of drug-likeness (QED) is 0.403. The van der Waals surface area contributed by atoms with Crippen LogP contribution in [-0.4, -0.2) is 0 Å². The summed E-state index contributed by atoms with van der Waals surface area (Å²) in [6.45, 7) is 1.56. The van der Waals surface area contributed by atoms with E-state index in [0.29, 0.717) is 0 Å². The van der Waals surface area contributed by atoms with Crippen LogP contribution in [0.15, 0.2) is 66.0 Å². The summed E-state index contributed by atoms with van der Waals surface area (Å²) in [5, 5.41) is 10.5. The van der Waals surface area contributed by atoms with Crippen molar-refractivity contribution in [1.29, 1.82) is 0 Å². The Bertz CT molecular complexity index is 283. The number of rotatable bonds is 0. The Morgan fingerprint density at radius 3 is 1.86 bits per heavy atom. The van der Waals surface area contributed by atoms with E-state index in [1.54, 1.807) is 6.92 Å². The minimum atomic E-state index is 0. The van der Waals surface area contributed by atoms with Crippen molar-refractivity contribution in [3.05, 3.63) is 66.0 Å². The molecule has 0 amide bonds. The van der Waals surface area contributed by atoms with Crippen molar-refractivity contribution in [1.82, 2.24) is 0 Å². The molecule has 1 aromatic rings. The van der Waals surface area contributed by atoms with Crippen molar-refractivity contribution in [2.75, 3.05) is 0 Å². The molecule has 0 saturated heterocycles. The monoisotopic (exact) mass is 274 g/mol. The van der Waals surface area contributed by atoms with Gasteiger partial charge >= 0.3 is 19.5 Å². The van der Waals surface area contributed by atoms with Gasteiger partial charge in [0.15, 0.2) is 0 Å². The smallest absolute Gasteiger partial charge is 0.875 e. The van der Waals surface area contributed by atoms with Crippen LogP contribution in [0.4, 0.5) is 0 Å². The van der Waals surface area contributed by atoms with Gasteiger partial charge in [0.25, 0.3) is 0 Å². The summed E-state index contributed by atoms with van der Waals surface area (Å²) in [7, 11) is 0. The molecule has 74 valence electrons. The van der Waals surface area contributed by atoms with Gasteiger partial charge in [0, 0.05) is 0 Å². The minimum absolute atomic E-state index is 0. The normalized spacial score (nSPS) is 11.6. The molecule has 2 heteroatoms. The third-order valence-corrected chi connectivity index (χ3v) is 1.62. The van der Waals surface area contributed by atoms with E-state index < -0.39 is 0 Å². The molecule has 14 heavy (non-hydrogen) atoms. The summed E-state index contributed by atoms with van der Waals surface area (Å²) in [6.07, 6.45) is 7.33. The second kappa shape index (κ2) is 7.40. The third-order valence-electron chi connectivity index (χ3n) is 1.62. The zero-order valence-electron chi connectivity index (χ0n) is 7.96.